The second-order valence-corrected chi connectivity index (χ2v) is 14.9. The summed E-state index contributed by atoms with van der Waals surface area (Å²) < 4.78 is 36.7. The van der Waals surface area contributed by atoms with Gasteiger partial charge in [0, 0.05) is 0 Å². The van der Waals surface area contributed by atoms with Crippen molar-refractivity contribution in [2.45, 2.75) is 97.4 Å². The number of ether oxygens (including phenoxy) is 6. The highest BCUT2D eigenvalue weighted by atomic mass is 16.7. The third-order valence-corrected chi connectivity index (χ3v) is 10.9. The predicted molar refractivity (Wildman–Crippen MR) is 231 cm³/mol. The van der Waals surface area contributed by atoms with E-state index in [2.05, 4.69) is 0 Å². The van der Waals surface area contributed by atoms with Gasteiger partial charge in [-0.1, -0.05) is 95.3 Å². The summed E-state index contributed by atoms with van der Waals surface area (Å²) in [6.45, 7) is 9.35. The van der Waals surface area contributed by atoms with Crippen molar-refractivity contribution in [1.82, 2.24) is 0 Å². The monoisotopic (exact) mass is 840 g/mol. The van der Waals surface area contributed by atoms with Gasteiger partial charge < -0.3 is 28.4 Å². The molecule has 1 aliphatic heterocycles. The first-order valence-corrected chi connectivity index (χ1v) is 21.1. The first-order chi connectivity index (χ1) is 30.0. The zero-order valence-corrected chi connectivity index (χ0v) is 35.7. The molecule has 0 spiro atoms. The molecule has 0 unspecified atom stereocenters. The van der Waals surface area contributed by atoms with Crippen molar-refractivity contribution in [3.05, 3.63) is 177 Å². The van der Waals surface area contributed by atoms with Crippen LogP contribution in [-0.2, 0) is 60.5 Å². The molecule has 0 saturated carbocycles. The van der Waals surface area contributed by atoms with Gasteiger partial charge in [0.1, 0.15) is 12.7 Å². The van der Waals surface area contributed by atoms with Gasteiger partial charge in [-0.15, -0.1) is 0 Å². The van der Waals surface area contributed by atoms with Crippen LogP contribution in [0.2, 0.25) is 0 Å². The van der Waals surface area contributed by atoms with E-state index in [1.54, 1.807) is 109 Å². The average molecular weight is 841 g/mol. The van der Waals surface area contributed by atoms with Crippen molar-refractivity contribution in [3.63, 3.8) is 0 Å². The number of esters is 5. The Labute approximate surface area is 362 Å². The van der Waals surface area contributed by atoms with E-state index in [1.807, 2.05) is 46.8 Å². The Kier molecular flexibility index (Phi) is 15.4. The highest BCUT2D eigenvalue weighted by Gasteiger charge is 2.54. The molecule has 5 atom stereocenters. The molecule has 0 aromatic heterocycles. The van der Waals surface area contributed by atoms with Crippen LogP contribution in [0.4, 0.5) is 0 Å². The van der Waals surface area contributed by atoms with E-state index in [1.165, 1.54) is 0 Å². The summed E-state index contributed by atoms with van der Waals surface area (Å²) in [6.07, 6.45) is -4.47. The Morgan fingerprint density at radius 2 is 0.645 bits per heavy atom. The van der Waals surface area contributed by atoms with Gasteiger partial charge in [0.05, 0.1) is 27.8 Å². The number of aryl methyl sites for hydroxylation is 5. The molecule has 0 amide bonds. The summed E-state index contributed by atoms with van der Waals surface area (Å²) in [5, 5.41) is 0. The zero-order chi connectivity index (χ0) is 44.2. The summed E-state index contributed by atoms with van der Waals surface area (Å²) in [5.41, 5.74) is 5.81. The largest absolute Gasteiger partial charge is 0.459 e. The number of carbonyl (C=O) groups is 5. The summed E-state index contributed by atoms with van der Waals surface area (Å²) in [6, 6.07) is 33.8. The molecule has 5 aromatic carbocycles. The lowest BCUT2D eigenvalue weighted by Gasteiger charge is -2.43. The van der Waals surface area contributed by atoms with Crippen LogP contribution in [0, 0.1) is 0 Å². The quantitative estimate of drug-likeness (QED) is 0.0695. The Morgan fingerprint density at radius 3 is 0.968 bits per heavy atom. The molecule has 1 aliphatic rings. The van der Waals surface area contributed by atoms with Crippen molar-refractivity contribution in [2.75, 3.05) is 6.61 Å². The van der Waals surface area contributed by atoms with Gasteiger partial charge in [0.2, 0.25) is 12.4 Å². The molecule has 0 radical (unpaired) electrons. The van der Waals surface area contributed by atoms with Crippen LogP contribution in [0.25, 0.3) is 0 Å². The number of hydrogen-bond acceptors (Lipinski definition) is 11. The Hall–Kier alpha value is -6.59. The molecule has 0 aliphatic carbocycles. The van der Waals surface area contributed by atoms with Crippen LogP contribution in [0.15, 0.2) is 121 Å². The molecular formula is C51H52O11. The first-order valence-electron chi connectivity index (χ1n) is 21.1. The zero-order valence-electron chi connectivity index (χ0n) is 35.7. The van der Waals surface area contributed by atoms with E-state index in [-0.39, 0.29) is 27.8 Å². The molecule has 1 fully saturated rings. The van der Waals surface area contributed by atoms with Crippen LogP contribution in [0.1, 0.15) is 114 Å². The normalized spacial score (nSPS) is 18.2. The first kappa shape index (κ1) is 44.9. The smallest absolute Gasteiger partial charge is 0.340 e. The third kappa shape index (κ3) is 11.2. The van der Waals surface area contributed by atoms with Gasteiger partial charge >= 0.3 is 29.8 Å². The predicted octanol–water partition coefficient (Wildman–Crippen LogP) is 8.91. The minimum atomic E-state index is -1.76. The van der Waals surface area contributed by atoms with E-state index in [0.717, 1.165) is 59.9 Å². The van der Waals surface area contributed by atoms with E-state index in [0.29, 0.717) is 0 Å². The molecule has 11 heteroatoms. The number of carbonyl (C=O) groups excluding carboxylic acids is 5. The SMILES string of the molecule is CCc1ccc(C(=O)OC[C@H]2O[C@H](OC(=O)c3ccc(CC)cc3)[C@H](OC(=O)c3ccc(CC)cc3)[C@@H](OC(=O)c3ccc(CC)cc3)[C@@H]2OC(=O)c2ccc(CC)cc2)cc1. The summed E-state index contributed by atoms with van der Waals surface area (Å²) >= 11 is 0. The van der Waals surface area contributed by atoms with Crippen molar-refractivity contribution in [1.29, 1.82) is 0 Å². The molecule has 1 saturated heterocycles. The summed E-state index contributed by atoms with van der Waals surface area (Å²) in [4.78, 5) is 69.6. The van der Waals surface area contributed by atoms with E-state index >= 15 is 0 Å². The van der Waals surface area contributed by atoms with Crippen LogP contribution in [0.5, 0.6) is 0 Å². The van der Waals surface area contributed by atoms with Crippen molar-refractivity contribution in [2.24, 2.45) is 0 Å². The van der Waals surface area contributed by atoms with E-state index < -0.39 is 67.2 Å². The van der Waals surface area contributed by atoms with E-state index in [4.69, 9.17) is 28.4 Å². The minimum Gasteiger partial charge on any atom is -0.459 e. The Bertz CT molecular complexity index is 2300. The van der Waals surface area contributed by atoms with Crippen LogP contribution >= 0.6 is 0 Å². The molecule has 6 rings (SSSR count). The average Bonchev–Trinajstić information content (AvgIpc) is 3.32. The molecule has 0 N–H and O–H groups in total. The maximum absolute atomic E-state index is 14.1. The van der Waals surface area contributed by atoms with Crippen molar-refractivity contribution >= 4 is 29.8 Å². The second kappa shape index (κ2) is 21.3. The number of rotatable bonds is 16. The maximum atomic E-state index is 14.1. The van der Waals surface area contributed by atoms with Gasteiger partial charge in [-0.25, -0.2) is 24.0 Å². The minimum absolute atomic E-state index is 0.150. The lowest BCUT2D eigenvalue weighted by Crippen LogP contribution is -2.63. The molecular weight excluding hydrogens is 789 g/mol. The highest BCUT2D eigenvalue weighted by Crippen LogP contribution is 2.32. The fraction of sp³-hybridized carbons (Fsp3) is 0.314. The van der Waals surface area contributed by atoms with Crippen LogP contribution in [-0.4, -0.2) is 67.2 Å². The molecule has 322 valence electrons. The maximum Gasteiger partial charge on any atom is 0.340 e. The van der Waals surface area contributed by atoms with Crippen molar-refractivity contribution < 1.29 is 52.4 Å². The van der Waals surface area contributed by atoms with Gasteiger partial charge in [-0.3, -0.25) is 0 Å². The highest BCUT2D eigenvalue weighted by molar-refractivity contribution is 5.92. The lowest BCUT2D eigenvalue weighted by atomic mass is 9.97. The van der Waals surface area contributed by atoms with Crippen molar-refractivity contribution in [3.8, 4) is 0 Å². The van der Waals surface area contributed by atoms with Crippen LogP contribution in [0.3, 0.4) is 0 Å². The lowest BCUT2D eigenvalue weighted by molar-refractivity contribution is -0.282. The Balaban J connectivity index is 1.43. The molecule has 0 bridgehead atoms. The summed E-state index contributed by atoms with van der Waals surface area (Å²) in [7, 11) is 0. The van der Waals surface area contributed by atoms with Crippen LogP contribution < -0.4 is 0 Å². The molecule has 11 nitrogen and oxygen atoms in total. The molecule has 1 heterocycles. The van der Waals surface area contributed by atoms with Gasteiger partial charge in [0.25, 0.3) is 0 Å². The van der Waals surface area contributed by atoms with Gasteiger partial charge in [0.15, 0.2) is 12.2 Å². The topological polar surface area (TPSA) is 141 Å². The van der Waals surface area contributed by atoms with Gasteiger partial charge in [-0.05, 0) is 121 Å². The standard InChI is InChI=1S/C51H52O11/c1-6-32-11-21-37(22-12-32)46(52)57-31-42-43(59-47(53)38-23-13-33(7-2)14-24-38)44(60-48(54)39-25-15-34(8-3)16-26-39)45(61-49(55)40-27-17-35(9-4)18-28-40)51(58-42)62-50(56)41-29-19-36(10-5)20-30-41/h11-30,42-45,51H,6-10,31H2,1-5H3/t42-,43-,44+,45-,51-/m1/s1. The third-order valence-electron chi connectivity index (χ3n) is 10.9. The summed E-state index contributed by atoms with van der Waals surface area (Å²) in [5.74, 6) is -4.09. The van der Waals surface area contributed by atoms with E-state index in [9.17, 15) is 24.0 Å². The van der Waals surface area contributed by atoms with Gasteiger partial charge in [-0.2, -0.15) is 0 Å². The Morgan fingerprint density at radius 1 is 0.371 bits per heavy atom. The molecule has 5 aromatic rings. The molecule has 62 heavy (non-hydrogen) atoms. The number of hydrogen-bond donors (Lipinski definition) is 0. The number of benzene rings is 5. The fourth-order valence-corrected chi connectivity index (χ4v) is 6.88. The second-order valence-electron chi connectivity index (χ2n) is 14.9. The fourth-order valence-electron chi connectivity index (χ4n) is 6.88.